The van der Waals surface area contributed by atoms with Crippen LogP contribution in [0.2, 0.25) is 0 Å². The summed E-state index contributed by atoms with van der Waals surface area (Å²) < 4.78 is 29.1. The molecule has 8 heteroatoms. The van der Waals surface area contributed by atoms with Crippen molar-refractivity contribution in [3.8, 4) is 0 Å². The molecule has 4 aromatic rings. The maximum atomic E-state index is 13.0. The van der Waals surface area contributed by atoms with Crippen molar-refractivity contribution >= 4 is 38.3 Å². The van der Waals surface area contributed by atoms with E-state index >= 15 is 0 Å². The normalized spacial score (nSPS) is 11.4. The van der Waals surface area contributed by atoms with Crippen LogP contribution in [0.25, 0.3) is 11.0 Å². The number of hydrogen-bond donors (Lipinski definition) is 1. The molecule has 0 saturated heterocycles. The Hall–Kier alpha value is -3.65. The number of anilines is 2. The molecule has 1 amide bonds. The van der Waals surface area contributed by atoms with Crippen molar-refractivity contribution in [1.82, 2.24) is 9.55 Å². The monoisotopic (exact) mass is 434 g/mol. The van der Waals surface area contributed by atoms with E-state index in [1.54, 1.807) is 36.4 Å². The van der Waals surface area contributed by atoms with Gasteiger partial charge < -0.3 is 9.88 Å². The largest absolute Gasteiger partial charge is 0.324 e. The zero-order valence-electron chi connectivity index (χ0n) is 17.2. The molecule has 0 spiro atoms. The number of amides is 1. The van der Waals surface area contributed by atoms with Crippen LogP contribution in [-0.2, 0) is 21.4 Å². The van der Waals surface area contributed by atoms with E-state index in [-0.39, 0.29) is 17.3 Å². The van der Waals surface area contributed by atoms with Crippen LogP contribution in [0.3, 0.4) is 0 Å². The fraction of sp³-hybridized carbons (Fsp3) is 0.130. The SMILES string of the molecule is Cc1nc2ccccc2n1CC(=O)Nc1cccc(S(=O)(=O)N(C)c2ccccc2)c1. The van der Waals surface area contributed by atoms with E-state index in [1.165, 1.54) is 23.5 Å². The minimum absolute atomic E-state index is 0.0766. The van der Waals surface area contributed by atoms with Crippen molar-refractivity contribution in [1.29, 1.82) is 0 Å². The molecule has 1 aromatic heterocycles. The molecule has 0 bridgehead atoms. The quantitative estimate of drug-likeness (QED) is 0.500. The number of rotatable bonds is 6. The number of para-hydroxylation sites is 3. The molecule has 0 radical (unpaired) electrons. The summed E-state index contributed by atoms with van der Waals surface area (Å²) in [5.74, 6) is 0.467. The highest BCUT2D eigenvalue weighted by Crippen LogP contribution is 2.24. The number of carbonyl (C=O) groups excluding carboxylic acids is 1. The minimum atomic E-state index is -3.77. The Labute approximate surface area is 181 Å². The van der Waals surface area contributed by atoms with Gasteiger partial charge >= 0.3 is 0 Å². The maximum Gasteiger partial charge on any atom is 0.264 e. The van der Waals surface area contributed by atoms with Crippen molar-refractivity contribution in [3.63, 3.8) is 0 Å². The number of aryl methyl sites for hydroxylation is 1. The molecule has 158 valence electrons. The van der Waals surface area contributed by atoms with Crippen LogP contribution in [0.15, 0.2) is 83.8 Å². The lowest BCUT2D eigenvalue weighted by Gasteiger charge is -2.20. The van der Waals surface area contributed by atoms with E-state index in [1.807, 2.05) is 41.8 Å². The molecule has 7 nitrogen and oxygen atoms in total. The standard InChI is InChI=1S/C23H22N4O3S/c1-17-24-21-13-6-7-14-22(21)27(17)16-23(28)25-18-9-8-12-20(15-18)31(29,30)26(2)19-10-4-3-5-11-19/h3-15H,16H2,1-2H3,(H,25,28). The summed E-state index contributed by atoms with van der Waals surface area (Å²) in [5.41, 5.74) is 2.66. The van der Waals surface area contributed by atoms with Gasteiger partial charge in [0.05, 0.1) is 21.6 Å². The number of benzene rings is 3. The Kier molecular flexibility index (Phi) is 5.48. The molecule has 0 atom stereocenters. The van der Waals surface area contributed by atoms with Crippen molar-refractivity contribution in [2.24, 2.45) is 0 Å². The van der Waals surface area contributed by atoms with Crippen molar-refractivity contribution in [2.45, 2.75) is 18.4 Å². The highest BCUT2D eigenvalue weighted by Gasteiger charge is 2.21. The summed E-state index contributed by atoms with van der Waals surface area (Å²) in [6, 6.07) is 22.7. The number of imidazole rings is 1. The first-order chi connectivity index (χ1) is 14.9. The molecule has 1 N–H and O–H groups in total. The number of nitrogens with one attached hydrogen (secondary N) is 1. The molecule has 0 aliphatic heterocycles. The van der Waals surface area contributed by atoms with E-state index in [0.29, 0.717) is 11.4 Å². The molecule has 0 fully saturated rings. The van der Waals surface area contributed by atoms with Crippen LogP contribution in [0.5, 0.6) is 0 Å². The van der Waals surface area contributed by atoms with Crippen molar-refractivity contribution in [2.75, 3.05) is 16.7 Å². The van der Waals surface area contributed by atoms with E-state index in [9.17, 15) is 13.2 Å². The van der Waals surface area contributed by atoms with Gasteiger partial charge in [-0.25, -0.2) is 13.4 Å². The first kappa shape index (κ1) is 20.6. The predicted molar refractivity (Wildman–Crippen MR) is 122 cm³/mol. The van der Waals surface area contributed by atoms with Gasteiger partial charge in [-0.2, -0.15) is 0 Å². The van der Waals surface area contributed by atoms with Crippen LogP contribution in [0.1, 0.15) is 5.82 Å². The van der Waals surface area contributed by atoms with Crippen molar-refractivity contribution in [3.05, 3.63) is 84.7 Å². The molecule has 0 aliphatic rings. The second kappa shape index (κ2) is 8.23. The molecule has 0 saturated carbocycles. The van der Waals surface area contributed by atoms with Gasteiger partial charge in [0.1, 0.15) is 12.4 Å². The topological polar surface area (TPSA) is 84.3 Å². The molecule has 4 rings (SSSR count). The van der Waals surface area contributed by atoms with Gasteiger partial charge in [-0.15, -0.1) is 0 Å². The highest BCUT2D eigenvalue weighted by molar-refractivity contribution is 7.92. The Morgan fingerprint density at radius 3 is 2.48 bits per heavy atom. The highest BCUT2D eigenvalue weighted by atomic mass is 32.2. The fourth-order valence-electron chi connectivity index (χ4n) is 3.41. The van der Waals surface area contributed by atoms with Gasteiger partial charge in [0.25, 0.3) is 10.0 Å². The molecule has 1 heterocycles. The van der Waals surface area contributed by atoms with Gasteiger partial charge in [0.2, 0.25) is 5.91 Å². The Morgan fingerprint density at radius 2 is 1.71 bits per heavy atom. The number of carbonyl (C=O) groups is 1. The van der Waals surface area contributed by atoms with E-state index in [2.05, 4.69) is 10.3 Å². The molecule has 3 aromatic carbocycles. The second-order valence-corrected chi connectivity index (χ2v) is 9.09. The second-order valence-electron chi connectivity index (χ2n) is 7.12. The Balaban J connectivity index is 1.54. The van der Waals surface area contributed by atoms with Gasteiger partial charge in [0.15, 0.2) is 0 Å². The maximum absolute atomic E-state index is 13.0. The number of sulfonamides is 1. The van der Waals surface area contributed by atoms with Gasteiger partial charge in [-0.05, 0) is 49.4 Å². The lowest BCUT2D eigenvalue weighted by molar-refractivity contribution is -0.116. The summed E-state index contributed by atoms with van der Waals surface area (Å²) in [7, 11) is -2.27. The Morgan fingerprint density at radius 1 is 1.00 bits per heavy atom. The van der Waals surface area contributed by atoms with E-state index < -0.39 is 10.0 Å². The summed E-state index contributed by atoms with van der Waals surface area (Å²) in [4.78, 5) is 17.2. The van der Waals surface area contributed by atoms with E-state index in [4.69, 9.17) is 0 Å². The van der Waals surface area contributed by atoms with Crippen molar-refractivity contribution < 1.29 is 13.2 Å². The minimum Gasteiger partial charge on any atom is -0.324 e. The molecular formula is C23H22N4O3S. The molecule has 0 aliphatic carbocycles. The average Bonchev–Trinajstić information content (AvgIpc) is 3.09. The lowest BCUT2D eigenvalue weighted by Crippen LogP contribution is -2.26. The zero-order valence-corrected chi connectivity index (χ0v) is 18.0. The smallest absolute Gasteiger partial charge is 0.264 e. The third kappa shape index (κ3) is 4.15. The number of aromatic nitrogens is 2. The fourth-order valence-corrected chi connectivity index (χ4v) is 4.65. The summed E-state index contributed by atoms with van der Waals surface area (Å²) >= 11 is 0. The summed E-state index contributed by atoms with van der Waals surface area (Å²) in [5, 5.41) is 2.79. The zero-order chi connectivity index (χ0) is 22.0. The third-order valence-electron chi connectivity index (χ3n) is 5.04. The molecule has 0 unspecified atom stereocenters. The number of hydrogen-bond acceptors (Lipinski definition) is 4. The average molecular weight is 435 g/mol. The van der Waals surface area contributed by atoms with Crippen LogP contribution >= 0.6 is 0 Å². The first-order valence-electron chi connectivity index (χ1n) is 9.72. The molecular weight excluding hydrogens is 412 g/mol. The van der Waals surface area contributed by atoms with Crippen LogP contribution in [0.4, 0.5) is 11.4 Å². The van der Waals surface area contributed by atoms with Gasteiger partial charge in [-0.3, -0.25) is 9.10 Å². The first-order valence-corrected chi connectivity index (χ1v) is 11.2. The predicted octanol–water partition coefficient (Wildman–Crippen LogP) is 3.81. The van der Waals surface area contributed by atoms with E-state index in [0.717, 1.165) is 16.9 Å². The third-order valence-corrected chi connectivity index (χ3v) is 6.82. The van der Waals surface area contributed by atoms with Gasteiger partial charge in [-0.1, -0.05) is 36.4 Å². The van der Waals surface area contributed by atoms with Gasteiger partial charge in [0, 0.05) is 12.7 Å². The number of fused-ring (bicyclic) bond motifs is 1. The summed E-state index contributed by atoms with van der Waals surface area (Å²) in [6.45, 7) is 1.92. The summed E-state index contributed by atoms with van der Waals surface area (Å²) in [6.07, 6.45) is 0. The lowest BCUT2D eigenvalue weighted by atomic mass is 10.3. The Bertz CT molecular complexity index is 1350. The molecule has 31 heavy (non-hydrogen) atoms. The van der Waals surface area contributed by atoms with Crippen LogP contribution in [-0.4, -0.2) is 30.9 Å². The van der Waals surface area contributed by atoms with Crippen LogP contribution < -0.4 is 9.62 Å². The van der Waals surface area contributed by atoms with Crippen LogP contribution in [0, 0.1) is 6.92 Å². The number of nitrogens with zero attached hydrogens (tertiary/aromatic N) is 3.